The van der Waals surface area contributed by atoms with Gasteiger partial charge in [0.25, 0.3) is 5.91 Å². The zero-order chi connectivity index (χ0) is 14.5. The van der Waals surface area contributed by atoms with Crippen LogP contribution >= 0.6 is 0 Å². The van der Waals surface area contributed by atoms with Crippen LogP contribution in [0.25, 0.3) is 0 Å². The maximum Gasteiger partial charge on any atom is 0.253 e. The molecule has 1 fully saturated rings. The number of carbonyl (C=O) groups excluding carboxylic acids is 2. The van der Waals surface area contributed by atoms with Crippen molar-refractivity contribution >= 4 is 12.3 Å². The van der Waals surface area contributed by atoms with Gasteiger partial charge >= 0.3 is 0 Å². The smallest absolute Gasteiger partial charge is 0.253 e. The summed E-state index contributed by atoms with van der Waals surface area (Å²) in [4.78, 5) is 26.5. The van der Waals surface area contributed by atoms with Gasteiger partial charge < -0.3 is 14.5 Å². The lowest BCUT2D eigenvalue weighted by atomic mass is 10.1. The minimum atomic E-state index is 0.0155. The van der Waals surface area contributed by atoms with E-state index in [1.165, 1.54) is 0 Å². The second kappa shape index (κ2) is 6.41. The monoisotopic (exact) mass is 276 g/mol. The highest BCUT2D eigenvalue weighted by atomic mass is 16.5. The summed E-state index contributed by atoms with van der Waals surface area (Å²) in [6.07, 6.45) is 0.836. The molecule has 1 aliphatic heterocycles. The molecule has 0 aliphatic carbocycles. The summed E-state index contributed by atoms with van der Waals surface area (Å²) < 4.78 is 5.48. The highest BCUT2D eigenvalue weighted by Crippen LogP contribution is 2.20. The number of ether oxygens (including phenoxy) is 1. The molecule has 0 aromatic heterocycles. The van der Waals surface area contributed by atoms with E-state index in [9.17, 15) is 9.59 Å². The molecular weight excluding hydrogens is 256 g/mol. The van der Waals surface area contributed by atoms with E-state index >= 15 is 0 Å². The molecule has 1 aromatic carbocycles. The molecule has 5 heteroatoms. The Morgan fingerprint density at radius 3 is 2.55 bits per heavy atom. The highest BCUT2D eigenvalue weighted by molar-refractivity contribution is 5.94. The van der Waals surface area contributed by atoms with Gasteiger partial charge in [0, 0.05) is 31.7 Å². The topological polar surface area (TPSA) is 49.9 Å². The first kappa shape index (κ1) is 14.4. The van der Waals surface area contributed by atoms with Crippen LogP contribution in [0.15, 0.2) is 18.2 Å². The summed E-state index contributed by atoms with van der Waals surface area (Å²) in [7, 11) is 0. The van der Waals surface area contributed by atoms with Crippen molar-refractivity contribution in [3.63, 3.8) is 0 Å². The SMILES string of the molecule is CCOc1ccc(C(=O)N2CCN(C=O)CC2)cc1C. The van der Waals surface area contributed by atoms with Crippen molar-refractivity contribution < 1.29 is 14.3 Å². The summed E-state index contributed by atoms with van der Waals surface area (Å²) in [6, 6.07) is 5.50. The first-order valence-corrected chi connectivity index (χ1v) is 6.87. The van der Waals surface area contributed by atoms with E-state index < -0.39 is 0 Å². The molecule has 0 atom stereocenters. The van der Waals surface area contributed by atoms with E-state index in [0.29, 0.717) is 38.3 Å². The third kappa shape index (κ3) is 3.10. The molecule has 1 aliphatic rings. The summed E-state index contributed by atoms with van der Waals surface area (Å²) in [6.45, 7) is 6.86. The Hall–Kier alpha value is -2.04. The molecule has 0 unspecified atom stereocenters. The van der Waals surface area contributed by atoms with Crippen LogP contribution in [0.5, 0.6) is 5.75 Å². The van der Waals surface area contributed by atoms with Crippen LogP contribution < -0.4 is 4.74 Å². The molecule has 0 N–H and O–H groups in total. The lowest BCUT2D eigenvalue weighted by molar-refractivity contribution is -0.119. The summed E-state index contributed by atoms with van der Waals surface area (Å²) in [5, 5.41) is 0. The highest BCUT2D eigenvalue weighted by Gasteiger charge is 2.21. The van der Waals surface area contributed by atoms with Gasteiger partial charge in [0.1, 0.15) is 5.75 Å². The van der Waals surface area contributed by atoms with Crippen LogP contribution in [0.3, 0.4) is 0 Å². The molecular formula is C15H20N2O3. The molecule has 108 valence electrons. The summed E-state index contributed by atoms with van der Waals surface area (Å²) in [5.41, 5.74) is 1.63. The zero-order valence-corrected chi connectivity index (χ0v) is 12.0. The Bertz CT molecular complexity index is 494. The van der Waals surface area contributed by atoms with E-state index in [1.54, 1.807) is 15.9 Å². The van der Waals surface area contributed by atoms with Crippen LogP contribution in [0, 0.1) is 6.92 Å². The van der Waals surface area contributed by atoms with Crippen LogP contribution in [0.1, 0.15) is 22.8 Å². The van der Waals surface area contributed by atoms with Gasteiger partial charge in [-0.05, 0) is 37.6 Å². The predicted octanol–water partition coefficient (Wildman–Crippen LogP) is 1.31. The second-order valence-electron chi connectivity index (χ2n) is 4.85. The molecule has 20 heavy (non-hydrogen) atoms. The van der Waals surface area contributed by atoms with E-state index in [4.69, 9.17) is 4.74 Å². The van der Waals surface area contributed by atoms with Crippen LogP contribution in [-0.4, -0.2) is 54.9 Å². The van der Waals surface area contributed by atoms with Gasteiger partial charge in [-0.1, -0.05) is 0 Å². The molecule has 0 bridgehead atoms. The van der Waals surface area contributed by atoms with Crippen molar-refractivity contribution in [1.29, 1.82) is 0 Å². The zero-order valence-electron chi connectivity index (χ0n) is 12.0. The fourth-order valence-electron chi connectivity index (χ4n) is 2.31. The van der Waals surface area contributed by atoms with Gasteiger partial charge in [-0.2, -0.15) is 0 Å². The van der Waals surface area contributed by atoms with Gasteiger partial charge in [-0.3, -0.25) is 9.59 Å². The standard InChI is InChI=1S/C15H20N2O3/c1-3-20-14-5-4-13(10-12(14)2)15(19)17-8-6-16(11-18)7-9-17/h4-5,10-11H,3,6-9H2,1-2H3. The van der Waals surface area contributed by atoms with Crippen molar-refractivity contribution in [2.24, 2.45) is 0 Å². The lowest BCUT2D eigenvalue weighted by Gasteiger charge is -2.32. The quantitative estimate of drug-likeness (QED) is 0.779. The molecule has 2 amide bonds. The number of benzene rings is 1. The van der Waals surface area contributed by atoms with Crippen molar-refractivity contribution in [3.8, 4) is 5.75 Å². The van der Waals surface area contributed by atoms with Gasteiger partial charge in [-0.25, -0.2) is 0 Å². The molecule has 5 nitrogen and oxygen atoms in total. The normalized spacial score (nSPS) is 15.1. The minimum Gasteiger partial charge on any atom is -0.494 e. The number of hydrogen-bond donors (Lipinski definition) is 0. The van der Waals surface area contributed by atoms with Gasteiger partial charge in [0.05, 0.1) is 6.61 Å². The van der Waals surface area contributed by atoms with Crippen LogP contribution in [0.4, 0.5) is 0 Å². The van der Waals surface area contributed by atoms with Gasteiger partial charge in [0.15, 0.2) is 0 Å². The maximum absolute atomic E-state index is 12.4. The first-order chi connectivity index (χ1) is 9.65. The molecule has 0 spiro atoms. The number of aryl methyl sites for hydroxylation is 1. The van der Waals surface area contributed by atoms with Gasteiger partial charge in [-0.15, -0.1) is 0 Å². The molecule has 1 heterocycles. The fraction of sp³-hybridized carbons (Fsp3) is 0.467. The Labute approximate surface area is 119 Å². The largest absolute Gasteiger partial charge is 0.494 e. The predicted molar refractivity (Wildman–Crippen MR) is 75.9 cm³/mol. The van der Waals surface area contributed by atoms with Crippen molar-refractivity contribution in [2.75, 3.05) is 32.8 Å². The average Bonchev–Trinajstić information content (AvgIpc) is 2.49. The molecule has 0 saturated carbocycles. The maximum atomic E-state index is 12.4. The fourth-order valence-corrected chi connectivity index (χ4v) is 2.31. The Morgan fingerprint density at radius 2 is 2.00 bits per heavy atom. The summed E-state index contributed by atoms with van der Waals surface area (Å²) >= 11 is 0. The molecule has 0 radical (unpaired) electrons. The van der Waals surface area contributed by atoms with E-state index in [2.05, 4.69) is 0 Å². The molecule has 2 rings (SSSR count). The van der Waals surface area contributed by atoms with E-state index in [-0.39, 0.29) is 5.91 Å². The molecule has 1 saturated heterocycles. The van der Waals surface area contributed by atoms with Crippen LogP contribution in [-0.2, 0) is 4.79 Å². The second-order valence-corrected chi connectivity index (χ2v) is 4.85. The number of carbonyl (C=O) groups is 2. The lowest BCUT2D eigenvalue weighted by Crippen LogP contribution is -2.48. The third-order valence-electron chi connectivity index (χ3n) is 3.47. The Kier molecular flexibility index (Phi) is 4.61. The Balaban J connectivity index is 2.06. The third-order valence-corrected chi connectivity index (χ3v) is 3.47. The number of rotatable bonds is 4. The number of hydrogen-bond acceptors (Lipinski definition) is 3. The van der Waals surface area contributed by atoms with Gasteiger partial charge in [0.2, 0.25) is 6.41 Å². The van der Waals surface area contributed by atoms with E-state index in [0.717, 1.165) is 17.7 Å². The number of nitrogens with zero attached hydrogens (tertiary/aromatic N) is 2. The van der Waals surface area contributed by atoms with Crippen molar-refractivity contribution in [3.05, 3.63) is 29.3 Å². The average molecular weight is 276 g/mol. The molecule has 1 aromatic rings. The number of piperazine rings is 1. The van der Waals surface area contributed by atoms with Crippen molar-refractivity contribution in [2.45, 2.75) is 13.8 Å². The van der Waals surface area contributed by atoms with Crippen molar-refractivity contribution in [1.82, 2.24) is 9.80 Å². The minimum absolute atomic E-state index is 0.0155. The van der Waals surface area contributed by atoms with Crippen LogP contribution in [0.2, 0.25) is 0 Å². The van der Waals surface area contributed by atoms with E-state index in [1.807, 2.05) is 26.0 Å². The Morgan fingerprint density at radius 1 is 1.30 bits per heavy atom. The summed E-state index contributed by atoms with van der Waals surface area (Å²) in [5.74, 6) is 0.830. The first-order valence-electron chi connectivity index (χ1n) is 6.87. The number of amides is 2.